The van der Waals surface area contributed by atoms with E-state index >= 15 is 0 Å². The van der Waals surface area contributed by atoms with Crippen molar-refractivity contribution >= 4 is 0 Å². The lowest BCUT2D eigenvalue weighted by atomic mass is 10.1. The molecule has 5 heteroatoms. The molecule has 0 saturated carbocycles. The van der Waals surface area contributed by atoms with E-state index in [4.69, 9.17) is 10.5 Å². The van der Waals surface area contributed by atoms with Crippen molar-refractivity contribution in [3.8, 4) is 24.0 Å². The van der Waals surface area contributed by atoms with Gasteiger partial charge in [0, 0.05) is 5.56 Å². The summed E-state index contributed by atoms with van der Waals surface area (Å²) >= 11 is 0. The molecule has 0 unspecified atom stereocenters. The van der Waals surface area contributed by atoms with Crippen LogP contribution in [0.1, 0.15) is 23.1 Å². The Labute approximate surface area is 95.9 Å². The molecule has 2 nitrogen and oxygen atoms in total. The van der Waals surface area contributed by atoms with Crippen LogP contribution in [0.3, 0.4) is 0 Å². The highest BCUT2D eigenvalue weighted by atomic mass is 19.4. The van der Waals surface area contributed by atoms with Crippen LogP contribution in [0.5, 0.6) is 0 Å². The maximum absolute atomic E-state index is 12.5. The van der Waals surface area contributed by atoms with Crippen LogP contribution in [0.15, 0.2) is 18.2 Å². The van der Waals surface area contributed by atoms with E-state index in [2.05, 4.69) is 11.8 Å². The van der Waals surface area contributed by atoms with E-state index in [1.807, 2.05) is 0 Å². The Morgan fingerprint density at radius 3 is 2.24 bits per heavy atom. The van der Waals surface area contributed by atoms with Gasteiger partial charge in [0.15, 0.2) is 0 Å². The fraction of sp³-hybridized carbons (Fsp3) is 0.167. The number of alkyl halides is 3. The van der Waals surface area contributed by atoms with Crippen LogP contribution in [0.25, 0.3) is 0 Å². The van der Waals surface area contributed by atoms with Crippen LogP contribution in [0, 0.1) is 34.5 Å². The van der Waals surface area contributed by atoms with Gasteiger partial charge >= 0.3 is 6.18 Å². The first-order valence-corrected chi connectivity index (χ1v) is 4.45. The Morgan fingerprint density at radius 2 is 1.71 bits per heavy atom. The fourth-order valence-corrected chi connectivity index (χ4v) is 1.11. The summed E-state index contributed by atoms with van der Waals surface area (Å²) in [7, 11) is 0. The molecule has 0 fully saturated rings. The standard InChI is InChI=1S/C12H5F3N2/c13-12(14,15)11-6-9(3-1-2-4-16)5-10(7-11)8-17/h5-7H,2H2. The van der Waals surface area contributed by atoms with Crippen molar-refractivity contribution < 1.29 is 13.2 Å². The average Bonchev–Trinajstić information content (AvgIpc) is 2.28. The first kappa shape index (κ1) is 12.6. The molecule has 0 aromatic heterocycles. The summed E-state index contributed by atoms with van der Waals surface area (Å²) in [5.74, 6) is 4.80. The van der Waals surface area contributed by atoms with Gasteiger partial charge in [-0.15, -0.1) is 0 Å². The molecule has 0 spiro atoms. The van der Waals surface area contributed by atoms with Crippen molar-refractivity contribution in [2.45, 2.75) is 12.6 Å². The van der Waals surface area contributed by atoms with Crippen LogP contribution in [-0.2, 0) is 6.18 Å². The maximum atomic E-state index is 12.5. The number of hydrogen-bond acceptors (Lipinski definition) is 2. The lowest BCUT2D eigenvalue weighted by molar-refractivity contribution is -0.137. The maximum Gasteiger partial charge on any atom is 0.416 e. The highest BCUT2D eigenvalue weighted by Gasteiger charge is 2.31. The Hall–Kier alpha value is -2.45. The van der Waals surface area contributed by atoms with Gasteiger partial charge in [-0.25, -0.2) is 0 Å². The second-order valence-electron chi connectivity index (χ2n) is 3.05. The SMILES string of the molecule is N#CCC#Cc1cc(C#N)cc(C(F)(F)F)c1. The minimum atomic E-state index is -4.52. The van der Waals surface area contributed by atoms with E-state index in [0.29, 0.717) is 0 Å². The Morgan fingerprint density at radius 1 is 1.06 bits per heavy atom. The average molecular weight is 234 g/mol. The summed E-state index contributed by atoms with van der Waals surface area (Å²) in [4.78, 5) is 0. The molecule has 1 aromatic carbocycles. The molecular weight excluding hydrogens is 229 g/mol. The van der Waals surface area contributed by atoms with Gasteiger partial charge < -0.3 is 0 Å². The van der Waals surface area contributed by atoms with Crippen LogP contribution in [0.4, 0.5) is 13.2 Å². The van der Waals surface area contributed by atoms with Gasteiger partial charge in [0.25, 0.3) is 0 Å². The molecule has 0 bridgehead atoms. The van der Waals surface area contributed by atoms with Gasteiger partial charge in [-0.05, 0) is 18.2 Å². The van der Waals surface area contributed by atoms with E-state index in [9.17, 15) is 13.2 Å². The van der Waals surface area contributed by atoms with Crippen molar-refractivity contribution in [1.29, 1.82) is 10.5 Å². The molecule has 0 aliphatic rings. The quantitative estimate of drug-likeness (QED) is 0.648. The zero-order chi connectivity index (χ0) is 12.9. The first-order valence-electron chi connectivity index (χ1n) is 4.45. The lowest BCUT2D eigenvalue weighted by Crippen LogP contribution is -2.05. The number of nitrogens with zero attached hydrogens (tertiary/aromatic N) is 2. The van der Waals surface area contributed by atoms with E-state index in [-0.39, 0.29) is 17.5 Å². The summed E-state index contributed by atoms with van der Waals surface area (Å²) in [6.07, 6.45) is -4.59. The number of halogens is 3. The zero-order valence-electron chi connectivity index (χ0n) is 8.47. The first-order chi connectivity index (χ1) is 7.97. The third kappa shape index (κ3) is 3.55. The Bertz CT molecular complexity index is 563. The van der Waals surface area contributed by atoms with Gasteiger partial charge in [-0.1, -0.05) is 11.8 Å². The molecule has 0 saturated heterocycles. The summed E-state index contributed by atoms with van der Waals surface area (Å²) in [6.45, 7) is 0. The molecule has 17 heavy (non-hydrogen) atoms. The monoisotopic (exact) mass is 234 g/mol. The molecule has 0 amide bonds. The largest absolute Gasteiger partial charge is 0.416 e. The van der Waals surface area contributed by atoms with Crippen molar-refractivity contribution in [1.82, 2.24) is 0 Å². The van der Waals surface area contributed by atoms with Gasteiger partial charge in [0.1, 0.15) is 0 Å². The van der Waals surface area contributed by atoms with Gasteiger partial charge in [0.05, 0.1) is 29.7 Å². The molecule has 1 rings (SSSR count). The fourth-order valence-electron chi connectivity index (χ4n) is 1.11. The van der Waals surface area contributed by atoms with E-state index in [1.54, 1.807) is 12.1 Å². The Balaban J connectivity index is 3.23. The highest BCUT2D eigenvalue weighted by molar-refractivity contribution is 5.45. The van der Waals surface area contributed by atoms with Crippen molar-refractivity contribution in [3.05, 3.63) is 34.9 Å². The van der Waals surface area contributed by atoms with Crippen LogP contribution in [0.2, 0.25) is 0 Å². The smallest absolute Gasteiger partial charge is 0.197 e. The van der Waals surface area contributed by atoms with Gasteiger partial charge in [-0.3, -0.25) is 0 Å². The number of hydrogen-bond donors (Lipinski definition) is 0. The molecule has 0 N–H and O–H groups in total. The minimum absolute atomic E-state index is 0.0713. The normalized spacial score (nSPS) is 9.71. The molecule has 0 aliphatic carbocycles. The second kappa shape index (κ2) is 5.05. The highest BCUT2D eigenvalue weighted by Crippen LogP contribution is 2.30. The van der Waals surface area contributed by atoms with Gasteiger partial charge in [-0.2, -0.15) is 23.7 Å². The van der Waals surface area contributed by atoms with E-state index in [1.165, 1.54) is 6.07 Å². The summed E-state index contributed by atoms with van der Waals surface area (Å²) in [6, 6.07) is 6.25. The molecule has 84 valence electrons. The van der Waals surface area contributed by atoms with E-state index in [0.717, 1.165) is 12.1 Å². The molecule has 1 aromatic rings. The lowest BCUT2D eigenvalue weighted by Gasteiger charge is -2.07. The predicted molar refractivity (Wildman–Crippen MR) is 53.3 cm³/mol. The third-order valence-electron chi connectivity index (χ3n) is 1.79. The number of nitriles is 2. The van der Waals surface area contributed by atoms with Gasteiger partial charge in [0.2, 0.25) is 0 Å². The molecule has 0 heterocycles. The predicted octanol–water partition coefficient (Wildman–Crippen LogP) is 2.84. The van der Waals surface area contributed by atoms with E-state index < -0.39 is 11.7 Å². The summed E-state index contributed by atoms with van der Waals surface area (Å²) < 4.78 is 37.4. The summed E-state index contributed by atoms with van der Waals surface area (Å²) in [5, 5.41) is 16.8. The topological polar surface area (TPSA) is 47.6 Å². The molecule has 0 aliphatic heterocycles. The Kier molecular flexibility index (Phi) is 3.75. The number of benzene rings is 1. The van der Waals surface area contributed by atoms with Crippen molar-refractivity contribution in [2.75, 3.05) is 0 Å². The second-order valence-corrected chi connectivity index (χ2v) is 3.05. The zero-order valence-corrected chi connectivity index (χ0v) is 8.47. The molecular formula is C12H5F3N2. The summed E-state index contributed by atoms with van der Waals surface area (Å²) in [5.41, 5.74) is -0.953. The van der Waals surface area contributed by atoms with Crippen LogP contribution >= 0.6 is 0 Å². The van der Waals surface area contributed by atoms with Crippen molar-refractivity contribution in [2.24, 2.45) is 0 Å². The van der Waals surface area contributed by atoms with Crippen LogP contribution in [-0.4, -0.2) is 0 Å². The van der Waals surface area contributed by atoms with Crippen LogP contribution < -0.4 is 0 Å². The minimum Gasteiger partial charge on any atom is -0.197 e. The third-order valence-corrected chi connectivity index (χ3v) is 1.79. The number of rotatable bonds is 0. The van der Waals surface area contributed by atoms with Crippen molar-refractivity contribution in [3.63, 3.8) is 0 Å². The molecule has 0 radical (unpaired) electrons. The molecule has 0 atom stereocenters.